The van der Waals surface area contributed by atoms with E-state index in [1.165, 1.54) is 17.3 Å². The number of nitriles is 1. The molecule has 0 saturated heterocycles. The van der Waals surface area contributed by atoms with E-state index in [0.29, 0.717) is 29.4 Å². The third-order valence-corrected chi connectivity index (χ3v) is 5.44. The zero-order valence-corrected chi connectivity index (χ0v) is 16.3. The number of rotatable bonds is 6. The summed E-state index contributed by atoms with van der Waals surface area (Å²) in [6.45, 7) is 4.56. The second kappa shape index (κ2) is 8.79. The van der Waals surface area contributed by atoms with Gasteiger partial charge in [0, 0.05) is 18.1 Å². The number of thioether (sulfide) groups is 1. The Bertz CT molecular complexity index is 880. The third kappa shape index (κ3) is 4.93. The lowest BCUT2D eigenvalue weighted by Gasteiger charge is -2.25. The molecule has 27 heavy (non-hydrogen) atoms. The van der Waals surface area contributed by atoms with Crippen LogP contribution in [0.3, 0.4) is 0 Å². The summed E-state index contributed by atoms with van der Waals surface area (Å²) < 4.78 is 5.73. The summed E-state index contributed by atoms with van der Waals surface area (Å²) in [6.07, 6.45) is 0.301. The van der Waals surface area contributed by atoms with Gasteiger partial charge in [0.15, 0.2) is 0 Å². The van der Waals surface area contributed by atoms with Crippen LogP contribution in [0.25, 0.3) is 0 Å². The molecular formula is C22H22N2O2S. The second-order valence-electron chi connectivity index (χ2n) is 6.58. The number of hydrogen-bond acceptors (Lipinski definition) is 4. The molecule has 5 heteroatoms. The highest BCUT2D eigenvalue weighted by Gasteiger charge is 2.29. The van der Waals surface area contributed by atoms with E-state index >= 15 is 0 Å². The van der Waals surface area contributed by atoms with Gasteiger partial charge in [-0.25, -0.2) is 0 Å². The van der Waals surface area contributed by atoms with Crippen molar-refractivity contribution in [1.82, 2.24) is 5.32 Å². The summed E-state index contributed by atoms with van der Waals surface area (Å²) in [6, 6.07) is 18.2. The normalized spacial score (nSPS) is 16.6. The van der Waals surface area contributed by atoms with Gasteiger partial charge in [-0.05, 0) is 31.5 Å². The molecule has 0 saturated carbocycles. The molecule has 1 aliphatic rings. The summed E-state index contributed by atoms with van der Waals surface area (Å²) >= 11 is 1.46. The molecule has 138 valence electrons. The minimum atomic E-state index is -0.190. The average Bonchev–Trinajstić information content (AvgIpc) is 2.67. The molecule has 0 spiro atoms. The van der Waals surface area contributed by atoms with E-state index in [4.69, 9.17) is 4.74 Å². The van der Waals surface area contributed by atoms with Gasteiger partial charge in [0.05, 0.1) is 23.3 Å². The molecule has 0 radical (unpaired) electrons. The minimum absolute atomic E-state index is 0.0541. The van der Waals surface area contributed by atoms with Crippen molar-refractivity contribution in [1.29, 1.82) is 5.26 Å². The first-order chi connectivity index (χ1) is 13.1. The van der Waals surface area contributed by atoms with Crippen molar-refractivity contribution in [3.8, 4) is 11.8 Å². The van der Waals surface area contributed by atoms with Crippen molar-refractivity contribution in [3.05, 3.63) is 75.8 Å². The number of nitrogens with one attached hydrogen (secondary N) is 1. The zero-order valence-electron chi connectivity index (χ0n) is 15.5. The fourth-order valence-electron chi connectivity index (χ4n) is 2.95. The standard InChI is InChI=1S/C22H22N2O2S/c1-15-3-7-17(8-4-15)19-13-21(25)24-22(20(19)14-23)27-12-11-26-18-9-5-16(2)6-10-18/h3-10,19H,11-13H2,1-2H3,(H,24,25)/t19-/m0/s1. The molecule has 2 aromatic rings. The molecule has 0 aromatic heterocycles. The summed E-state index contributed by atoms with van der Waals surface area (Å²) in [5, 5.41) is 13.2. The molecule has 0 aliphatic carbocycles. The number of ether oxygens (including phenoxy) is 1. The van der Waals surface area contributed by atoms with Gasteiger partial charge in [0.2, 0.25) is 5.91 Å². The number of carbonyl (C=O) groups is 1. The molecule has 1 N–H and O–H groups in total. The first-order valence-electron chi connectivity index (χ1n) is 8.90. The molecule has 0 unspecified atom stereocenters. The van der Waals surface area contributed by atoms with E-state index in [1.54, 1.807) is 0 Å². The maximum absolute atomic E-state index is 12.2. The lowest BCUT2D eigenvalue weighted by atomic mass is 9.87. The highest BCUT2D eigenvalue weighted by molar-refractivity contribution is 8.03. The van der Waals surface area contributed by atoms with Gasteiger partial charge in [-0.1, -0.05) is 47.5 Å². The number of carbonyl (C=O) groups excluding carboxylic acids is 1. The van der Waals surface area contributed by atoms with Crippen LogP contribution in [-0.2, 0) is 4.79 Å². The maximum Gasteiger partial charge on any atom is 0.225 e. The predicted octanol–water partition coefficient (Wildman–Crippen LogP) is 4.45. The largest absolute Gasteiger partial charge is 0.493 e. The minimum Gasteiger partial charge on any atom is -0.493 e. The Kier molecular flexibility index (Phi) is 6.20. The van der Waals surface area contributed by atoms with Gasteiger partial charge in [-0.2, -0.15) is 5.26 Å². The zero-order chi connectivity index (χ0) is 19.2. The van der Waals surface area contributed by atoms with Crippen LogP contribution in [0.15, 0.2) is 59.1 Å². The van der Waals surface area contributed by atoms with E-state index in [9.17, 15) is 10.1 Å². The van der Waals surface area contributed by atoms with Crippen molar-refractivity contribution in [3.63, 3.8) is 0 Å². The number of allylic oxidation sites excluding steroid dienone is 1. The fraction of sp³-hybridized carbons (Fsp3) is 0.273. The number of nitrogens with zero attached hydrogens (tertiary/aromatic N) is 1. The molecule has 4 nitrogen and oxygen atoms in total. The molecule has 1 aliphatic heterocycles. The lowest BCUT2D eigenvalue weighted by molar-refractivity contribution is -0.120. The second-order valence-corrected chi connectivity index (χ2v) is 7.69. The van der Waals surface area contributed by atoms with Crippen molar-refractivity contribution in [2.75, 3.05) is 12.4 Å². The average molecular weight is 378 g/mol. The molecule has 1 heterocycles. The monoisotopic (exact) mass is 378 g/mol. The van der Waals surface area contributed by atoms with Gasteiger partial charge in [-0.15, -0.1) is 11.8 Å². The number of benzene rings is 2. The lowest BCUT2D eigenvalue weighted by Crippen LogP contribution is -2.31. The Balaban J connectivity index is 1.67. The molecule has 2 aromatic carbocycles. The molecule has 1 amide bonds. The van der Waals surface area contributed by atoms with E-state index in [0.717, 1.165) is 16.9 Å². The highest BCUT2D eigenvalue weighted by Crippen LogP contribution is 2.35. The van der Waals surface area contributed by atoms with Crippen LogP contribution in [0.1, 0.15) is 29.0 Å². The summed E-state index contributed by atoms with van der Waals surface area (Å²) in [4.78, 5) is 12.2. The fourth-order valence-corrected chi connectivity index (χ4v) is 3.85. The summed E-state index contributed by atoms with van der Waals surface area (Å²) in [5.41, 5.74) is 3.97. The quantitative estimate of drug-likeness (QED) is 0.754. The molecule has 0 fully saturated rings. The van der Waals surface area contributed by atoms with E-state index < -0.39 is 0 Å². The molecular weight excluding hydrogens is 356 g/mol. The van der Waals surface area contributed by atoms with Crippen LogP contribution >= 0.6 is 11.8 Å². The van der Waals surface area contributed by atoms with Crippen molar-refractivity contribution in [2.45, 2.75) is 26.2 Å². The maximum atomic E-state index is 12.2. The molecule has 3 rings (SSSR count). The summed E-state index contributed by atoms with van der Waals surface area (Å²) in [7, 11) is 0. The van der Waals surface area contributed by atoms with Crippen LogP contribution in [-0.4, -0.2) is 18.3 Å². The Morgan fingerprint density at radius 3 is 2.37 bits per heavy atom. The number of aryl methyl sites for hydroxylation is 2. The van der Waals surface area contributed by atoms with Crippen LogP contribution < -0.4 is 10.1 Å². The highest BCUT2D eigenvalue weighted by atomic mass is 32.2. The van der Waals surface area contributed by atoms with E-state index in [1.807, 2.05) is 62.4 Å². The van der Waals surface area contributed by atoms with E-state index in [2.05, 4.69) is 11.4 Å². The van der Waals surface area contributed by atoms with Crippen LogP contribution in [0, 0.1) is 25.2 Å². The Morgan fingerprint density at radius 1 is 1.11 bits per heavy atom. The van der Waals surface area contributed by atoms with Crippen molar-refractivity contribution in [2.24, 2.45) is 0 Å². The van der Waals surface area contributed by atoms with Gasteiger partial charge < -0.3 is 10.1 Å². The first kappa shape index (κ1) is 19.1. The topological polar surface area (TPSA) is 62.1 Å². The van der Waals surface area contributed by atoms with Gasteiger partial charge in [0.1, 0.15) is 5.75 Å². The Hall–Kier alpha value is -2.71. The molecule has 1 atom stereocenters. The van der Waals surface area contributed by atoms with Gasteiger partial charge in [0.25, 0.3) is 0 Å². The Morgan fingerprint density at radius 2 is 1.74 bits per heavy atom. The third-order valence-electron chi connectivity index (χ3n) is 4.46. The number of hydrogen-bond donors (Lipinski definition) is 1. The van der Waals surface area contributed by atoms with Crippen LogP contribution in [0.5, 0.6) is 5.75 Å². The van der Waals surface area contributed by atoms with Crippen LogP contribution in [0.2, 0.25) is 0 Å². The van der Waals surface area contributed by atoms with Crippen molar-refractivity contribution >= 4 is 17.7 Å². The SMILES string of the molecule is Cc1ccc(OCCSC2=C(C#N)[C@H](c3ccc(C)cc3)CC(=O)N2)cc1. The van der Waals surface area contributed by atoms with Gasteiger partial charge in [-0.3, -0.25) is 4.79 Å². The first-order valence-corrected chi connectivity index (χ1v) is 9.88. The van der Waals surface area contributed by atoms with Crippen LogP contribution in [0.4, 0.5) is 0 Å². The molecule has 0 bridgehead atoms. The number of amides is 1. The predicted molar refractivity (Wildman–Crippen MR) is 108 cm³/mol. The smallest absolute Gasteiger partial charge is 0.225 e. The van der Waals surface area contributed by atoms with E-state index in [-0.39, 0.29) is 11.8 Å². The van der Waals surface area contributed by atoms with Gasteiger partial charge >= 0.3 is 0 Å². The summed E-state index contributed by atoms with van der Waals surface area (Å²) in [5.74, 6) is 1.22. The van der Waals surface area contributed by atoms with Crippen molar-refractivity contribution < 1.29 is 9.53 Å². The Labute approximate surface area is 164 Å².